The Morgan fingerprint density at radius 1 is 1.07 bits per heavy atom. The van der Waals surface area contributed by atoms with Gasteiger partial charge in [-0.2, -0.15) is 0 Å². The lowest BCUT2D eigenvalue weighted by Crippen LogP contribution is -2.41. The molecule has 0 aliphatic carbocycles. The van der Waals surface area contributed by atoms with E-state index in [2.05, 4.69) is 10.6 Å². The summed E-state index contributed by atoms with van der Waals surface area (Å²) in [6.45, 7) is 8.55. The van der Waals surface area contributed by atoms with Gasteiger partial charge >= 0.3 is 0 Å². The van der Waals surface area contributed by atoms with Crippen molar-refractivity contribution < 1.29 is 23.9 Å². The number of carbonyl (C=O) groups is 3. The molecule has 0 atom stereocenters. The van der Waals surface area contributed by atoms with Crippen LogP contribution in [-0.2, 0) is 9.59 Å². The van der Waals surface area contributed by atoms with Crippen LogP contribution >= 0.6 is 0 Å². The Kier molecular flexibility index (Phi) is 10.6. The lowest BCUT2D eigenvalue weighted by atomic mass is 10.1. The van der Waals surface area contributed by atoms with Crippen molar-refractivity contribution >= 4 is 17.7 Å². The van der Waals surface area contributed by atoms with E-state index in [1.807, 2.05) is 27.7 Å². The van der Waals surface area contributed by atoms with Gasteiger partial charge in [-0.3, -0.25) is 14.4 Å². The first kappa shape index (κ1) is 24.3. The van der Waals surface area contributed by atoms with E-state index in [0.717, 1.165) is 12.8 Å². The van der Waals surface area contributed by atoms with Gasteiger partial charge in [-0.05, 0) is 44.9 Å². The van der Waals surface area contributed by atoms with Crippen LogP contribution in [0.4, 0.5) is 0 Å². The Morgan fingerprint density at radius 3 is 2.38 bits per heavy atom. The number of benzene rings is 1. The maximum atomic E-state index is 12.9. The highest BCUT2D eigenvalue weighted by molar-refractivity contribution is 5.97. The molecule has 0 unspecified atom stereocenters. The molecule has 0 heterocycles. The molecule has 0 saturated heterocycles. The first-order valence-corrected chi connectivity index (χ1v) is 9.98. The van der Waals surface area contributed by atoms with Gasteiger partial charge < -0.3 is 25.0 Å². The Morgan fingerprint density at radius 2 is 1.79 bits per heavy atom. The molecule has 1 rings (SSSR count). The van der Waals surface area contributed by atoms with Gasteiger partial charge in [0.2, 0.25) is 5.91 Å². The molecule has 3 amide bonds. The van der Waals surface area contributed by atoms with Crippen molar-refractivity contribution in [1.82, 2.24) is 15.5 Å². The molecule has 1 aromatic carbocycles. The summed E-state index contributed by atoms with van der Waals surface area (Å²) in [6, 6.07) is 4.78. The largest absolute Gasteiger partial charge is 0.493 e. The molecule has 162 valence electrons. The van der Waals surface area contributed by atoms with E-state index in [4.69, 9.17) is 9.47 Å². The summed E-state index contributed by atoms with van der Waals surface area (Å²) in [4.78, 5) is 38.2. The second-order valence-corrected chi connectivity index (χ2v) is 6.95. The second kappa shape index (κ2) is 12.6. The third-order valence-corrected chi connectivity index (χ3v) is 3.91. The van der Waals surface area contributed by atoms with E-state index >= 15 is 0 Å². The summed E-state index contributed by atoms with van der Waals surface area (Å²) in [6.07, 6.45) is 1.57. The monoisotopic (exact) mass is 407 g/mol. The molecule has 0 bridgehead atoms. The van der Waals surface area contributed by atoms with Crippen LogP contribution in [0.2, 0.25) is 0 Å². The minimum Gasteiger partial charge on any atom is -0.493 e. The Labute approximate surface area is 172 Å². The van der Waals surface area contributed by atoms with Gasteiger partial charge in [0, 0.05) is 24.7 Å². The third-order valence-electron chi connectivity index (χ3n) is 3.91. The van der Waals surface area contributed by atoms with Gasteiger partial charge in [0.1, 0.15) is 0 Å². The van der Waals surface area contributed by atoms with Crippen LogP contribution in [0, 0.1) is 0 Å². The third kappa shape index (κ3) is 8.41. The summed E-state index contributed by atoms with van der Waals surface area (Å²) in [5.74, 6) is 0.0258. The molecule has 8 nitrogen and oxygen atoms in total. The van der Waals surface area contributed by atoms with Gasteiger partial charge in [0.15, 0.2) is 18.1 Å². The van der Waals surface area contributed by atoms with Gasteiger partial charge in [-0.1, -0.05) is 13.8 Å². The van der Waals surface area contributed by atoms with Crippen LogP contribution < -0.4 is 20.1 Å². The highest BCUT2D eigenvalue weighted by Gasteiger charge is 2.20. The summed E-state index contributed by atoms with van der Waals surface area (Å²) >= 11 is 0. The Bertz CT molecular complexity index is 691. The number of methoxy groups -OCH3 is 1. The Balaban J connectivity index is 2.88. The average Bonchev–Trinajstić information content (AvgIpc) is 2.69. The normalized spacial score (nSPS) is 10.4. The molecular weight excluding hydrogens is 374 g/mol. The number of ether oxygens (including phenoxy) is 2. The molecule has 0 aliphatic rings. The molecule has 0 fully saturated rings. The second-order valence-electron chi connectivity index (χ2n) is 6.95. The molecular formula is C21H33N3O5. The topological polar surface area (TPSA) is 97.0 Å². The lowest BCUT2D eigenvalue weighted by molar-refractivity contribution is -0.123. The van der Waals surface area contributed by atoms with Crippen molar-refractivity contribution in [3.63, 3.8) is 0 Å². The summed E-state index contributed by atoms with van der Waals surface area (Å²) in [5.41, 5.74) is 0.387. The molecule has 1 aromatic rings. The number of amides is 3. The zero-order valence-corrected chi connectivity index (χ0v) is 18.0. The van der Waals surface area contributed by atoms with Crippen LogP contribution in [0.15, 0.2) is 18.2 Å². The summed E-state index contributed by atoms with van der Waals surface area (Å²) in [7, 11) is 1.46. The molecule has 0 aliphatic heterocycles. The smallest absolute Gasteiger partial charge is 0.258 e. The van der Waals surface area contributed by atoms with Gasteiger partial charge in [-0.15, -0.1) is 0 Å². The van der Waals surface area contributed by atoms with E-state index in [0.29, 0.717) is 30.2 Å². The van der Waals surface area contributed by atoms with E-state index in [1.54, 1.807) is 18.2 Å². The first-order valence-electron chi connectivity index (χ1n) is 9.98. The van der Waals surface area contributed by atoms with Gasteiger partial charge in [0.05, 0.1) is 13.7 Å². The lowest BCUT2D eigenvalue weighted by Gasteiger charge is -2.22. The molecule has 29 heavy (non-hydrogen) atoms. The number of nitrogens with zero attached hydrogens (tertiary/aromatic N) is 1. The van der Waals surface area contributed by atoms with Crippen LogP contribution in [0.3, 0.4) is 0 Å². The quantitative estimate of drug-likeness (QED) is 0.552. The zero-order valence-electron chi connectivity index (χ0n) is 18.0. The van der Waals surface area contributed by atoms with E-state index in [1.165, 1.54) is 12.0 Å². The van der Waals surface area contributed by atoms with Gasteiger partial charge in [-0.25, -0.2) is 0 Å². The van der Waals surface area contributed by atoms with Crippen LogP contribution in [0.5, 0.6) is 11.5 Å². The van der Waals surface area contributed by atoms with Crippen LogP contribution in [0.25, 0.3) is 0 Å². The number of nitrogens with one attached hydrogen (secondary N) is 2. The van der Waals surface area contributed by atoms with Crippen molar-refractivity contribution in [3.8, 4) is 11.5 Å². The molecule has 0 radical (unpaired) electrons. The minimum absolute atomic E-state index is 0.00259. The SMILES string of the molecule is CCCNC(=O)CN(CCC)C(=O)c1ccc(OCC(=O)NC(C)C)c(OC)c1. The zero-order chi connectivity index (χ0) is 21.8. The van der Waals surface area contributed by atoms with Crippen LogP contribution in [-0.4, -0.2) is 62.0 Å². The highest BCUT2D eigenvalue weighted by atomic mass is 16.5. The minimum atomic E-state index is -0.263. The number of carbonyl (C=O) groups excluding carboxylic acids is 3. The molecule has 0 aromatic heterocycles. The fourth-order valence-corrected chi connectivity index (χ4v) is 2.63. The van der Waals surface area contributed by atoms with Crippen LogP contribution in [0.1, 0.15) is 50.9 Å². The highest BCUT2D eigenvalue weighted by Crippen LogP contribution is 2.28. The molecule has 8 heteroatoms. The fourth-order valence-electron chi connectivity index (χ4n) is 2.63. The maximum absolute atomic E-state index is 12.9. The average molecular weight is 408 g/mol. The molecule has 0 spiro atoms. The summed E-state index contributed by atoms with van der Waals surface area (Å²) < 4.78 is 10.8. The van der Waals surface area contributed by atoms with Gasteiger partial charge in [0.25, 0.3) is 11.8 Å². The predicted octanol–water partition coefficient (Wildman–Crippen LogP) is 1.98. The first-order chi connectivity index (χ1) is 13.8. The van der Waals surface area contributed by atoms with Crippen molar-refractivity contribution in [1.29, 1.82) is 0 Å². The number of rotatable bonds is 12. The summed E-state index contributed by atoms with van der Waals surface area (Å²) in [5, 5.41) is 5.52. The van der Waals surface area contributed by atoms with E-state index < -0.39 is 0 Å². The fraction of sp³-hybridized carbons (Fsp3) is 0.571. The van der Waals surface area contributed by atoms with Crippen molar-refractivity contribution in [3.05, 3.63) is 23.8 Å². The van der Waals surface area contributed by atoms with Crippen molar-refractivity contribution in [2.75, 3.05) is 33.4 Å². The number of hydrogen-bond donors (Lipinski definition) is 2. The van der Waals surface area contributed by atoms with Crippen molar-refractivity contribution in [2.45, 2.75) is 46.6 Å². The molecule has 0 saturated carbocycles. The number of hydrogen-bond acceptors (Lipinski definition) is 5. The predicted molar refractivity (Wildman–Crippen MR) is 111 cm³/mol. The molecule has 2 N–H and O–H groups in total. The Hall–Kier alpha value is -2.77. The van der Waals surface area contributed by atoms with E-state index in [-0.39, 0.29) is 36.9 Å². The van der Waals surface area contributed by atoms with Crippen molar-refractivity contribution in [2.24, 2.45) is 0 Å². The maximum Gasteiger partial charge on any atom is 0.258 e. The van der Waals surface area contributed by atoms with E-state index in [9.17, 15) is 14.4 Å². The standard InChI is InChI=1S/C21H33N3O5/c1-6-10-22-19(25)13-24(11-7-2)21(27)16-8-9-17(18(12-16)28-5)29-14-20(26)23-15(3)4/h8-9,12,15H,6-7,10-11,13-14H2,1-5H3,(H,22,25)(H,23,26).